The number of carbonyl (C=O) groups is 2. The molecule has 1 aromatic carbocycles. The zero-order valence-corrected chi connectivity index (χ0v) is 24.1. The molecule has 1 unspecified atom stereocenters. The van der Waals surface area contributed by atoms with Crippen LogP contribution < -0.4 is 10.1 Å². The quantitative estimate of drug-likeness (QED) is 0.116. The van der Waals surface area contributed by atoms with Crippen molar-refractivity contribution in [1.82, 2.24) is 5.32 Å². The van der Waals surface area contributed by atoms with Gasteiger partial charge in [-0.2, -0.15) is 0 Å². The maximum Gasteiger partial charge on any atom is 0.310 e. The summed E-state index contributed by atoms with van der Waals surface area (Å²) in [6.07, 6.45) is 2.94. The summed E-state index contributed by atoms with van der Waals surface area (Å²) in [7, 11) is 0. The minimum absolute atomic E-state index is 0.0205. The summed E-state index contributed by atoms with van der Waals surface area (Å²) in [6.45, 7) is 10.1. The minimum Gasteiger partial charge on any atom is -0.490 e. The lowest BCUT2D eigenvalue weighted by atomic mass is 9.97. The molecule has 1 aromatic rings. The molecule has 0 spiro atoms. The Morgan fingerprint density at radius 2 is 1.82 bits per heavy atom. The van der Waals surface area contributed by atoms with Crippen LogP contribution in [0.15, 0.2) is 41.2 Å². The van der Waals surface area contributed by atoms with Gasteiger partial charge >= 0.3 is 5.97 Å². The molecule has 0 bridgehead atoms. The summed E-state index contributed by atoms with van der Waals surface area (Å²) >= 11 is 4.39. The molecular formula is C26H29I2NO5. The number of hydrogen-bond donors (Lipinski definition) is 1. The first kappa shape index (κ1) is 26.9. The van der Waals surface area contributed by atoms with Crippen LogP contribution in [0.4, 0.5) is 0 Å². The van der Waals surface area contributed by atoms with Crippen molar-refractivity contribution in [2.24, 2.45) is 5.92 Å². The van der Waals surface area contributed by atoms with E-state index in [0.29, 0.717) is 28.9 Å². The van der Waals surface area contributed by atoms with Crippen LogP contribution in [-0.2, 0) is 16.0 Å². The van der Waals surface area contributed by atoms with Gasteiger partial charge in [-0.25, -0.2) is 0 Å². The van der Waals surface area contributed by atoms with E-state index in [-0.39, 0.29) is 30.2 Å². The molecule has 0 fully saturated rings. The number of benzene rings is 1. The first-order valence-electron chi connectivity index (χ1n) is 11.3. The molecule has 1 aliphatic carbocycles. The summed E-state index contributed by atoms with van der Waals surface area (Å²) in [5.74, 6) is 0.469. The Hall–Kier alpha value is -1.66. The Balaban J connectivity index is 1.92. The molecule has 1 N–H and O–H groups in total. The molecule has 0 radical (unpaired) electrons. The van der Waals surface area contributed by atoms with E-state index in [4.69, 9.17) is 13.9 Å². The number of ether oxygens (including phenoxy) is 2. The zero-order valence-electron chi connectivity index (χ0n) is 19.7. The summed E-state index contributed by atoms with van der Waals surface area (Å²) in [5.41, 5.74) is 3.18. The van der Waals surface area contributed by atoms with E-state index in [1.165, 1.54) is 0 Å². The second kappa shape index (κ2) is 12.3. The molecule has 3 rings (SSSR count). The Morgan fingerprint density at radius 3 is 2.47 bits per heavy atom. The van der Waals surface area contributed by atoms with E-state index in [1.54, 1.807) is 18.6 Å². The number of rotatable bonds is 11. The van der Waals surface area contributed by atoms with Gasteiger partial charge in [-0.1, -0.05) is 20.8 Å². The van der Waals surface area contributed by atoms with Crippen molar-refractivity contribution in [2.75, 3.05) is 19.7 Å². The number of carbonyl (C=O) groups excluding carboxylic acids is 2. The van der Waals surface area contributed by atoms with Crippen molar-refractivity contribution in [3.05, 3.63) is 60.6 Å². The van der Waals surface area contributed by atoms with Gasteiger partial charge in [0.25, 0.3) is 0 Å². The standard InChI is InChI=1S/C26H29I2NO5/c1-5-29-7-9-33-26-21(27)11-19(12-22(26)28)25(31)24-18(10-17-6-8-32-14-20(17)24)13-23(30)34-16(4)15(2)3/h6,8,10-12,14-16,29H,5,7,9,13H2,1-4H3. The van der Waals surface area contributed by atoms with E-state index < -0.39 is 0 Å². The predicted octanol–water partition coefficient (Wildman–Crippen LogP) is 5.94. The third-order valence-electron chi connectivity index (χ3n) is 5.60. The van der Waals surface area contributed by atoms with Crippen molar-refractivity contribution in [2.45, 2.75) is 40.2 Å². The zero-order chi connectivity index (χ0) is 24.8. The normalized spacial score (nSPS) is 12.2. The Kier molecular flexibility index (Phi) is 9.78. The van der Waals surface area contributed by atoms with Crippen LogP contribution in [0, 0.1) is 13.1 Å². The summed E-state index contributed by atoms with van der Waals surface area (Å²) in [4.78, 5) is 26.4. The van der Waals surface area contributed by atoms with Gasteiger partial charge in [0.1, 0.15) is 18.5 Å². The van der Waals surface area contributed by atoms with Gasteiger partial charge in [-0.05, 0) is 100.0 Å². The SMILES string of the molecule is CCNCCOc1c(I)cc(C(=O)c2c(CC(=O)OC(C)C(C)C)cc3ccocc2-3)cc1I. The number of esters is 1. The lowest BCUT2D eigenvalue weighted by Gasteiger charge is -2.16. The highest BCUT2D eigenvalue weighted by atomic mass is 127. The fourth-order valence-corrected chi connectivity index (χ4v) is 5.54. The van der Waals surface area contributed by atoms with Crippen molar-refractivity contribution >= 4 is 56.9 Å². The smallest absolute Gasteiger partial charge is 0.310 e. The highest BCUT2D eigenvalue weighted by Gasteiger charge is 2.27. The fourth-order valence-electron chi connectivity index (χ4n) is 3.46. The Labute approximate surface area is 227 Å². The molecule has 2 aliphatic rings. The molecule has 0 saturated carbocycles. The van der Waals surface area contributed by atoms with Gasteiger partial charge in [0.15, 0.2) is 5.78 Å². The molecule has 182 valence electrons. The third kappa shape index (κ3) is 6.51. The molecule has 34 heavy (non-hydrogen) atoms. The largest absolute Gasteiger partial charge is 0.490 e. The first-order valence-corrected chi connectivity index (χ1v) is 13.4. The van der Waals surface area contributed by atoms with Gasteiger partial charge < -0.3 is 19.2 Å². The van der Waals surface area contributed by atoms with Crippen LogP contribution in [0.5, 0.6) is 5.75 Å². The molecule has 8 heteroatoms. The predicted molar refractivity (Wildman–Crippen MR) is 149 cm³/mol. The summed E-state index contributed by atoms with van der Waals surface area (Å²) in [5, 5.41) is 3.23. The van der Waals surface area contributed by atoms with Crippen LogP contribution in [0.1, 0.15) is 49.2 Å². The van der Waals surface area contributed by atoms with E-state index in [9.17, 15) is 9.59 Å². The maximum atomic E-state index is 13.7. The van der Waals surface area contributed by atoms with E-state index in [2.05, 4.69) is 50.5 Å². The number of ketones is 1. The highest BCUT2D eigenvalue weighted by molar-refractivity contribution is 14.1. The van der Waals surface area contributed by atoms with Crippen LogP contribution in [0.25, 0.3) is 11.1 Å². The second-order valence-electron chi connectivity index (χ2n) is 8.39. The Bertz CT molecular complexity index is 1100. The molecule has 1 atom stereocenters. The van der Waals surface area contributed by atoms with Crippen LogP contribution in [-0.4, -0.2) is 37.6 Å². The topological polar surface area (TPSA) is 77.8 Å². The number of nitrogens with one attached hydrogen (secondary N) is 1. The van der Waals surface area contributed by atoms with Crippen LogP contribution in [0.3, 0.4) is 0 Å². The lowest BCUT2D eigenvalue weighted by molar-refractivity contribution is -0.149. The van der Waals surface area contributed by atoms with E-state index in [1.807, 2.05) is 45.9 Å². The van der Waals surface area contributed by atoms with E-state index >= 15 is 0 Å². The molecular weight excluding hydrogens is 660 g/mol. The summed E-state index contributed by atoms with van der Waals surface area (Å²) < 4.78 is 18.6. The molecule has 6 nitrogen and oxygen atoms in total. The molecule has 0 amide bonds. The van der Waals surface area contributed by atoms with Crippen LogP contribution in [0.2, 0.25) is 0 Å². The second-order valence-corrected chi connectivity index (χ2v) is 10.7. The molecule has 0 saturated heterocycles. The first-order chi connectivity index (χ1) is 16.2. The monoisotopic (exact) mass is 689 g/mol. The van der Waals surface area contributed by atoms with Gasteiger partial charge in [-0.15, -0.1) is 0 Å². The van der Waals surface area contributed by atoms with Gasteiger partial charge in [-0.3, -0.25) is 9.59 Å². The molecule has 1 aliphatic heterocycles. The summed E-state index contributed by atoms with van der Waals surface area (Å²) in [6, 6.07) is 7.32. The van der Waals surface area contributed by atoms with Gasteiger partial charge in [0.2, 0.25) is 0 Å². The van der Waals surface area contributed by atoms with Crippen molar-refractivity contribution in [1.29, 1.82) is 0 Å². The molecule has 1 heterocycles. The molecule has 0 aromatic heterocycles. The van der Waals surface area contributed by atoms with Crippen molar-refractivity contribution in [3.8, 4) is 16.9 Å². The Morgan fingerprint density at radius 1 is 1.12 bits per heavy atom. The third-order valence-corrected chi connectivity index (χ3v) is 7.20. The van der Waals surface area contributed by atoms with Gasteiger partial charge in [0.05, 0.1) is 26.1 Å². The van der Waals surface area contributed by atoms with Crippen molar-refractivity contribution in [3.63, 3.8) is 0 Å². The number of halogens is 2. The fraction of sp³-hybridized carbons (Fsp3) is 0.385. The maximum absolute atomic E-state index is 13.7. The van der Waals surface area contributed by atoms with Gasteiger partial charge in [0, 0.05) is 23.2 Å². The number of hydrogen-bond acceptors (Lipinski definition) is 6. The lowest BCUT2D eigenvalue weighted by Crippen LogP contribution is -2.22. The van der Waals surface area contributed by atoms with E-state index in [0.717, 1.165) is 31.5 Å². The average Bonchev–Trinajstić information content (AvgIpc) is 3.14. The highest BCUT2D eigenvalue weighted by Crippen LogP contribution is 2.36. The average molecular weight is 689 g/mol. The number of fused-ring (bicyclic) bond motifs is 1. The van der Waals surface area contributed by atoms with Crippen LogP contribution >= 0.6 is 45.2 Å². The number of likely N-dealkylation sites (N-methyl/N-ethyl adjacent to an activating group) is 1. The minimum atomic E-state index is -0.351. The van der Waals surface area contributed by atoms with Crippen molar-refractivity contribution < 1.29 is 23.5 Å².